The van der Waals surface area contributed by atoms with Crippen molar-refractivity contribution in [3.8, 4) is 0 Å². The molecular weight excluding hydrogens is 176 g/mol. The normalized spacial score (nSPS) is 16.4. The fourth-order valence-corrected chi connectivity index (χ4v) is 1.65. The van der Waals surface area contributed by atoms with Crippen molar-refractivity contribution in [3.05, 3.63) is 29.7 Å². The van der Waals surface area contributed by atoms with Gasteiger partial charge in [0.05, 0.1) is 0 Å². The fraction of sp³-hybridized carbons (Fsp3) is 0.400. The second-order valence-corrected chi connectivity index (χ2v) is 3.75. The lowest BCUT2D eigenvalue weighted by Gasteiger charge is -1.96. The van der Waals surface area contributed by atoms with Crippen LogP contribution in [0, 0.1) is 0 Å². The molecule has 2 aromatic heterocycles. The van der Waals surface area contributed by atoms with E-state index < -0.39 is 0 Å². The predicted molar refractivity (Wildman–Crippen MR) is 52.9 cm³/mol. The van der Waals surface area contributed by atoms with Crippen LogP contribution in [0.15, 0.2) is 18.3 Å². The Morgan fingerprint density at radius 2 is 2.36 bits per heavy atom. The van der Waals surface area contributed by atoms with Crippen LogP contribution in [0.2, 0.25) is 0 Å². The molecule has 4 nitrogen and oxygen atoms in total. The summed E-state index contributed by atoms with van der Waals surface area (Å²) in [6.45, 7) is 0.521. The summed E-state index contributed by atoms with van der Waals surface area (Å²) in [4.78, 5) is 4.52. The highest BCUT2D eigenvalue weighted by molar-refractivity contribution is 5.47. The van der Waals surface area contributed by atoms with Crippen molar-refractivity contribution in [2.24, 2.45) is 5.73 Å². The number of nitrogens with two attached hydrogens (primary N) is 1. The van der Waals surface area contributed by atoms with E-state index in [0.29, 0.717) is 12.5 Å². The molecule has 0 saturated heterocycles. The average molecular weight is 188 g/mol. The molecule has 1 aliphatic rings. The van der Waals surface area contributed by atoms with Crippen molar-refractivity contribution in [1.82, 2.24) is 14.6 Å². The summed E-state index contributed by atoms with van der Waals surface area (Å²) in [5, 5.41) is 4.43. The summed E-state index contributed by atoms with van der Waals surface area (Å²) in [7, 11) is 0. The lowest BCUT2D eigenvalue weighted by Crippen LogP contribution is -1.99. The quantitative estimate of drug-likeness (QED) is 0.766. The Morgan fingerprint density at radius 1 is 1.50 bits per heavy atom. The number of hydrogen-bond donors (Lipinski definition) is 1. The molecule has 0 radical (unpaired) electrons. The van der Waals surface area contributed by atoms with E-state index in [0.717, 1.165) is 17.0 Å². The Kier molecular flexibility index (Phi) is 1.58. The van der Waals surface area contributed by atoms with Gasteiger partial charge in [0.2, 0.25) is 0 Å². The van der Waals surface area contributed by atoms with E-state index in [4.69, 9.17) is 5.73 Å². The lowest BCUT2D eigenvalue weighted by atomic mass is 10.3. The van der Waals surface area contributed by atoms with Gasteiger partial charge in [0.1, 0.15) is 0 Å². The molecule has 1 aliphatic carbocycles. The van der Waals surface area contributed by atoms with Crippen molar-refractivity contribution in [1.29, 1.82) is 0 Å². The summed E-state index contributed by atoms with van der Waals surface area (Å²) < 4.78 is 1.83. The van der Waals surface area contributed by atoms with Crippen LogP contribution >= 0.6 is 0 Å². The highest BCUT2D eigenvalue weighted by Gasteiger charge is 2.28. The second-order valence-electron chi connectivity index (χ2n) is 3.75. The molecule has 0 atom stereocenters. The monoisotopic (exact) mass is 188 g/mol. The summed E-state index contributed by atoms with van der Waals surface area (Å²) >= 11 is 0. The van der Waals surface area contributed by atoms with Gasteiger partial charge in [-0.05, 0) is 18.9 Å². The van der Waals surface area contributed by atoms with Crippen LogP contribution in [0.5, 0.6) is 0 Å². The van der Waals surface area contributed by atoms with Gasteiger partial charge in [0, 0.05) is 24.2 Å². The molecule has 1 saturated carbocycles. The maximum absolute atomic E-state index is 5.64. The molecule has 4 heteroatoms. The second kappa shape index (κ2) is 2.78. The first-order valence-electron chi connectivity index (χ1n) is 4.92. The Morgan fingerprint density at radius 3 is 3.07 bits per heavy atom. The molecule has 72 valence electrons. The van der Waals surface area contributed by atoms with Crippen LogP contribution in [0.3, 0.4) is 0 Å². The molecular formula is C10H12N4. The third kappa shape index (κ3) is 1.11. The average Bonchev–Trinajstić information content (AvgIpc) is 2.97. The van der Waals surface area contributed by atoms with Crippen LogP contribution < -0.4 is 5.73 Å². The SMILES string of the molecule is NCc1cccn2nc(C3CC3)nc12. The van der Waals surface area contributed by atoms with Crippen LogP contribution in [0.25, 0.3) is 5.65 Å². The largest absolute Gasteiger partial charge is 0.326 e. The van der Waals surface area contributed by atoms with Gasteiger partial charge >= 0.3 is 0 Å². The van der Waals surface area contributed by atoms with Gasteiger partial charge in [-0.2, -0.15) is 5.10 Å². The van der Waals surface area contributed by atoms with Crippen molar-refractivity contribution < 1.29 is 0 Å². The third-order valence-corrected chi connectivity index (χ3v) is 2.62. The highest BCUT2D eigenvalue weighted by atomic mass is 15.3. The lowest BCUT2D eigenvalue weighted by molar-refractivity contribution is 0.874. The van der Waals surface area contributed by atoms with Crippen molar-refractivity contribution in [2.45, 2.75) is 25.3 Å². The molecule has 3 rings (SSSR count). The van der Waals surface area contributed by atoms with E-state index in [9.17, 15) is 0 Å². The topological polar surface area (TPSA) is 56.2 Å². The number of fused-ring (bicyclic) bond motifs is 1. The van der Waals surface area contributed by atoms with Gasteiger partial charge in [-0.25, -0.2) is 9.50 Å². The summed E-state index contributed by atoms with van der Waals surface area (Å²) in [6.07, 6.45) is 4.39. The zero-order valence-electron chi connectivity index (χ0n) is 7.85. The van der Waals surface area contributed by atoms with E-state index in [1.165, 1.54) is 12.8 Å². The Bertz CT molecular complexity index is 470. The zero-order valence-corrected chi connectivity index (χ0v) is 7.85. The summed E-state index contributed by atoms with van der Waals surface area (Å²) in [5.41, 5.74) is 7.61. The Balaban J connectivity index is 2.20. The number of hydrogen-bond acceptors (Lipinski definition) is 3. The third-order valence-electron chi connectivity index (χ3n) is 2.62. The molecule has 0 spiro atoms. The summed E-state index contributed by atoms with van der Waals surface area (Å²) in [6, 6.07) is 3.96. The first kappa shape index (κ1) is 7.94. The molecule has 14 heavy (non-hydrogen) atoms. The molecule has 2 aromatic rings. The zero-order chi connectivity index (χ0) is 9.54. The van der Waals surface area contributed by atoms with Crippen LogP contribution in [0.4, 0.5) is 0 Å². The number of nitrogens with zero attached hydrogens (tertiary/aromatic N) is 3. The maximum Gasteiger partial charge on any atom is 0.160 e. The van der Waals surface area contributed by atoms with Gasteiger partial charge < -0.3 is 5.73 Å². The van der Waals surface area contributed by atoms with Crippen molar-refractivity contribution >= 4 is 5.65 Å². The first-order valence-corrected chi connectivity index (χ1v) is 4.92. The van der Waals surface area contributed by atoms with Gasteiger partial charge in [-0.1, -0.05) is 6.07 Å². The predicted octanol–water partition coefficient (Wildman–Crippen LogP) is 1.07. The molecule has 1 fully saturated rings. The van der Waals surface area contributed by atoms with E-state index in [1.54, 1.807) is 0 Å². The highest BCUT2D eigenvalue weighted by Crippen LogP contribution is 2.38. The molecule has 2 heterocycles. The van der Waals surface area contributed by atoms with E-state index in [-0.39, 0.29) is 0 Å². The minimum absolute atomic E-state index is 0.521. The van der Waals surface area contributed by atoms with Crippen LogP contribution in [0.1, 0.15) is 30.1 Å². The fourth-order valence-electron chi connectivity index (χ4n) is 1.65. The number of rotatable bonds is 2. The summed E-state index contributed by atoms with van der Waals surface area (Å²) in [5.74, 6) is 1.58. The molecule has 0 amide bonds. The molecule has 0 aliphatic heterocycles. The van der Waals surface area contributed by atoms with Crippen molar-refractivity contribution in [2.75, 3.05) is 0 Å². The van der Waals surface area contributed by atoms with E-state index >= 15 is 0 Å². The first-order chi connectivity index (χ1) is 6.88. The smallest absolute Gasteiger partial charge is 0.160 e. The van der Waals surface area contributed by atoms with Crippen LogP contribution in [-0.2, 0) is 6.54 Å². The maximum atomic E-state index is 5.64. The molecule has 0 unspecified atom stereocenters. The van der Waals surface area contributed by atoms with Crippen molar-refractivity contribution in [3.63, 3.8) is 0 Å². The van der Waals surface area contributed by atoms with Gasteiger partial charge in [-0.3, -0.25) is 0 Å². The Labute approximate surface area is 81.8 Å². The molecule has 2 N–H and O–H groups in total. The minimum atomic E-state index is 0.521. The number of aromatic nitrogens is 3. The standard InChI is InChI=1S/C10H12N4/c11-6-8-2-1-5-14-10(8)12-9(13-14)7-3-4-7/h1-2,5,7H,3-4,6,11H2. The van der Waals surface area contributed by atoms with Gasteiger partial charge in [0.15, 0.2) is 11.5 Å². The molecule has 0 bridgehead atoms. The van der Waals surface area contributed by atoms with E-state index in [1.807, 2.05) is 22.8 Å². The minimum Gasteiger partial charge on any atom is -0.326 e. The molecule has 0 aromatic carbocycles. The number of pyridine rings is 1. The van der Waals surface area contributed by atoms with E-state index in [2.05, 4.69) is 10.1 Å². The Hall–Kier alpha value is -1.42. The van der Waals surface area contributed by atoms with Gasteiger partial charge in [-0.15, -0.1) is 0 Å². The van der Waals surface area contributed by atoms with Crippen LogP contribution in [-0.4, -0.2) is 14.6 Å². The van der Waals surface area contributed by atoms with Gasteiger partial charge in [0.25, 0.3) is 0 Å².